The van der Waals surface area contributed by atoms with Gasteiger partial charge in [-0.15, -0.1) is 0 Å². The summed E-state index contributed by atoms with van der Waals surface area (Å²) in [5, 5.41) is 9.18. The van der Waals surface area contributed by atoms with Crippen LogP contribution in [0.4, 0.5) is 0 Å². The fourth-order valence-electron chi connectivity index (χ4n) is 2.02. The van der Waals surface area contributed by atoms with E-state index in [9.17, 15) is 19.5 Å². The quantitative estimate of drug-likeness (QED) is 0.361. The number of hydrogen-bond acceptors (Lipinski definition) is 6. The molecule has 0 radical (unpaired) electrons. The lowest BCUT2D eigenvalue weighted by Crippen LogP contribution is -2.13. The molecule has 0 saturated carbocycles. The molecule has 0 atom stereocenters. The molecule has 0 spiro atoms. The fraction of sp³-hybridized carbons (Fsp3) is 0.105. The smallest absolute Gasteiger partial charge is 0.331 e. The van der Waals surface area contributed by atoms with Crippen molar-refractivity contribution in [1.29, 1.82) is 0 Å². The molecule has 0 aromatic heterocycles. The van der Waals surface area contributed by atoms with Gasteiger partial charge in [-0.2, -0.15) is 0 Å². The first-order chi connectivity index (χ1) is 12.0. The molecule has 6 heteroatoms. The number of phenols is 1. The normalized spacial score (nSPS) is 10.4. The third-order valence-corrected chi connectivity index (χ3v) is 3.31. The molecule has 0 aliphatic rings. The van der Waals surface area contributed by atoms with Gasteiger partial charge in [-0.05, 0) is 35.9 Å². The second-order valence-electron chi connectivity index (χ2n) is 5.03. The Morgan fingerprint density at radius 1 is 1.08 bits per heavy atom. The van der Waals surface area contributed by atoms with Crippen molar-refractivity contribution in [2.45, 2.75) is 0 Å². The monoisotopic (exact) mass is 340 g/mol. The highest BCUT2D eigenvalue weighted by atomic mass is 16.5. The minimum absolute atomic E-state index is 0.125. The Kier molecular flexibility index (Phi) is 6.06. The highest BCUT2D eigenvalue weighted by molar-refractivity contribution is 6.01. The van der Waals surface area contributed by atoms with E-state index in [0.717, 1.165) is 0 Å². The Balaban J connectivity index is 1.96. The van der Waals surface area contributed by atoms with Crippen LogP contribution >= 0.6 is 0 Å². The van der Waals surface area contributed by atoms with Crippen LogP contribution in [0.2, 0.25) is 0 Å². The first-order valence-corrected chi connectivity index (χ1v) is 7.34. The molecule has 2 rings (SSSR count). The van der Waals surface area contributed by atoms with E-state index in [1.165, 1.54) is 49.6 Å². The summed E-state index contributed by atoms with van der Waals surface area (Å²) in [5.41, 5.74) is 1.30. The van der Waals surface area contributed by atoms with Gasteiger partial charge < -0.3 is 14.6 Å². The number of aldehydes is 1. The summed E-state index contributed by atoms with van der Waals surface area (Å²) in [4.78, 5) is 34.6. The Morgan fingerprint density at radius 2 is 1.76 bits per heavy atom. The fourth-order valence-corrected chi connectivity index (χ4v) is 2.02. The third kappa shape index (κ3) is 5.04. The van der Waals surface area contributed by atoms with Crippen LogP contribution in [-0.2, 0) is 9.53 Å². The zero-order valence-corrected chi connectivity index (χ0v) is 13.5. The van der Waals surface area contributed by atoms with Crippen LogP contribution < -0.4 is 4.74 Å². The Morgan fingerprint density at radius 3 is 2.40 bits per heavy atom. The number of esters is 1. The van der Waals surface area contributed by atoms with Gasteiger partial charge in [0.05, 0.1) is 12.7 Å². The van der Waals surface area contributed by atoms with Crippen molar-refractivity contribution in [2.75, 3.05) is 13.7 Å². The van der Waals surface area contributed by atoms with Crippen molar-refractivity contribution >= 4 is 24.1 Å². The van der Waals surface area contributed by atoms with Crippen LogP contribution in [0.5, 0.6) is 11.5 Å². The molecule has 0 fully saturated rings. The maximum Gasteiger partial charge on any atom is 0.331 e. The molecule has 2 aromatic carbocycles. The molecule has 0 bridgehead atoms. The van der Waals surface area contributed by atoms with Crippen molar-refractivity contribution in [3.8, 4) is 11.5 Å². The zero-order valence-electron chi connectivity index (χ0n) is 13.5. The molecule has 25 heavy (non-hydrogen) atoms. The molecule has 0 saturated heterocycles. The second kappa shape index (κ2) is 8.44. The molecule has 0 unspecified atom stereocenters. The maximum atomic E-state index is 12.1. The van der Waals surface area contributed by atoms with Crippen LogP contribution in [-0.4, -0.2) is 36.9 Å². The van der Waals surface area contributed by atoms with Gasteiger partial charge in [0.25, 0.3) is 0 Å². The zero-order chi connectivity index (χ0) is 18.2. The van der Waals surface area contributed by atoms with E-state index in [2.05, 4.69) is 0 Å². The molecule has 0 amide bonds. The van der Waals surface area contributed by atoms with Crippen LogP contribution in [0.3, 0.4) is 0 Å². The number of Topliss-reactive ketones (excluding diaryl/α,β-unsaturated/α-hetero) is 1. The minimum Gasteiger partial charge on any atom is -0.508 e. The maximum absolute atomic E-state index is 12.1. The van der Waals surface area contributed by atoms with E-state index in [1.807, 2.05) is 0 Å². The molecule has 0 aliphatic carbocycles. The van der Waals surface area contributed by atoms with Gasteiger partial charge in [-0.1, -0.05) is 18.2 Å². The Hall–Kier alpha value is -3.41. The summed E-state index contributed by atoms with van der Waals surface area (Å²) in [6, 6.07) is 10.6. The van der Waals surface area contributed by atoms with Crippen molar-refractivity contribution in [3.63, 3.8) is 0 Å². The minimum atomic E-state index is -0.676. The van der Waals surface area contributed by atoms with Crippen LogP contribution in [0.1, 0.15) is 26.3 Å². The van der Waals surface area contributed by atoms with E-state index in [0.29, 0.717) is 17.4 Å². The van der Waals surface area contributed by atoms with E-state index in [-0.39, 0.29) is 17.1 Å². The number of hydrogen-bond donors (Lipinski definition) is 1. The number of carbonyl (C=O) groups excluding carboxylic acids is 3. The molecular formula is C19H16O6. The van der Waals surface area contributed by atoms with E-state index >= 15 is 0 Å². The lowest BCUT2D eigenvalue weighted by atomic mass is 10.1. The summed E-state index contributed by atoms with van der Waals surface area (Å²) < 4.78 is 9.99. The van der Waals surface area contributed by atoms with Gasteiger partial charge in [-0.25, -0.2) is 4.79 Å². The highest BCUT2D eigenvalue weighted by Crippen LogP contribution is 2.20. The average molecular weight is 340 g/mol. The molecule has 6 nitrogen and oxygen atoms in total. The largest absolute Gasteiger partial charge is 0.508 e. The van der Waals surface area contributed by atoms with Gasteiger partial charge in [0.15, 0.2) is 6.61 Å². The third-order valence-electron chi connectivity index (χ3n) is 3.31. The van der Waals surface area contributed by atoms with E-state index < -0.39 is 18.4 Å². The van der Waals surface area contributed by atoms with Crippen molar-refractivity contribution in [3.05, 3.63) is 65.2 Å². The Bertz CT molecular complexity index is 805. The van der Waals surface area contributed by atoms with Gasteiger partial charge in [0.2, 0.25) is 5.78 Å². The van der Waals surface area contributed by atoms with E-state index in [4.69, 9.17) is 9.47 Å². The van der Waals surface area contributed by atoms with Crippen molar-refractivity contribution < 1.29 is 29.0 Å². The standard InChI is InChI=1S/C19H16O6/c1-24-18-10-14(11-20)4-8-16(18)17(22)12-25-19(23)9-5-13-2-6-15(21)7-3-13/h2-11,21H,12H2,1H3/b9-5+. The summed E-state index contributed by atoms with van der Waals surface area (Å²) >= 11 is 0. The lowest BCUT2D eigenvalue weighted by molar-refractivity contribution is -0.136. The summed E-state index contributed by atoms with van der Waals surface area (Å²) in [6.45, 7) is -0.449. The first-order valence-electron chi connectivity index (χ1n) is 7.34. The topological polar surface area (TPSA) is 89.9 Å². The summed E-state index contributed by atoms with van der Waals surface area (Å²) in [5.74, 6) is -0.754. The van der Waals surface area contributed by atoms with E-state index in [1.54, 1.807) is 12.1 Å². The van der Waals surface area contributed by atoms with Gasteiger partial charge in [0.1, 0.15) is 17.8 Å². The predicted molar refractivity (Wildman–Crippen MR) is 90.8 cm³/mol. The summed E-state index contributed by atoms with van der Waals surface area (Å²) in [7, 11) is 1.38. The van der Waals surface area contributed by atoms with Crippen molar-refractivity contribution in [1.82, 2.24) is 0 Å². The molecule has 2 aromatic rings. The number of ether oxygens (including phenoxy) is 2. The number of carbonyl (C=O) groups is 3. The SMILES string of the molecule is COc1cc(C=O)ccc1C(=O)COC(=O)/C=C/c1ccc(O)cc1. The molecule has 128 valence electrons. The Labute approximate surface area is 144 Å². The molecule has 0 aliphatic heterocycles. The number of phenolic OH excluding ortho intramolecular Hbond substituents is 1. The van der Waals surface area contributed by atoms with Gasteiger partial charge >= 0.3 is 5.97 Å². The number of ketones is 1. The average Bonchev–Trinajstić information content (AvgIpc) is 2.65. The summed E-state index contributed by atoms with van der Waals surface area (Å²) in [6.07, 6.45) is 3.34. The number of benzene rings is 2. The van der Waals surface area contributed by atoms with Crippen LogP contribution in [0, 0.1) is 0 Å². The van der Waals surface area contributed by atoms with Gasteiger partial charge in [0, 0.05) is 11.6 Å². The van der Waals surface area contributed by atoms with Crippen LogP contribution in [0.15, 0.2) is 48.5 Å². The highest BCUT2D eigenvalue weighted by Gasteiger charge is 2.14. The second-order valence-corrected chi connectivity index (χ2v) is 5.03. The predicted octanol–water partition coefficient (Wildman–Crippen LogP) is 2.65. The molecular weight excluding hydrogens is 324 g/mol. The van der Waals surface area contributed by atoms with Gasteiger partial charge in [-0.3, -0.25) is 9.59 Å². The number of methoxy groups -OCH3 is 1. The lowest BCUT2D eigenvalue weighted by Gasteiger charge is -2.08. The molecule has 1 N–H and O–H groups in total. The molecule has 0 heterocycles. The number of rotatable bonds is 7. The first kappa shape index (κ1) is 17.9. The number of aromatic hydroxyl groups is 1. The van der Waals surface area contributed by atoms with Crippen LogP contribution in [0.25, 0.3) is 6.08 Å². The van der Waals surface area contributed by atoms with Crippen molar-refractivity contribution in [2.24, 2.45) is 0 Å².